The molecule has 0 spiro atoms. The van der Waals surface area contributed by atoms with Crippen molar-refractivity contribution in [2.24, 2.45) is 0 Å². The second kappa shape index (κ2) is 18.3. The molecule has 7 atom stereocenters. The van der Waals surface area contributed by atoms with Crippen LogP contribution in [-0.4, -0.2) is 87.2 Å². The zero-order valence-electron chi connectivity index (χ0n) is 26.1. The molecule has 4 rings (SSSR count). The molecule has 0 radical (unpaired) electrons. The van der Waals surface area contributed by atoms with E-state index < -0.39 is 73.2 Å². The van der Waals surface area contributed by atoms with Gasteiger partial charge in [0.1, 0.15) is 41.9 Å². The first-order chi connectivity index (χ1) is 21.4. The number of carboxylic acids is 2. The van der Waals surface area contributed by atoms with Crippen LogP contribution in [-0.2, 0) is 25.5 Å². The number of benzene rings is 3. The fourth-order valence-electron chi connectivity index (χ4n) is 5.04. The molecule has 1 amide bonds. The van der Waals surface area contributed by atoms with Crippen molar-refractivity contribution in [2.45, 2.75) is 62.1 Å². The van der Waals surface area contributed by atoms with Gasteiger partial charge in [0.25, 0.3) is 5.79 Å². The average Bonchev–Trinajstić information content (AvgIpc) is 3.02. The summed E-state index contributed by atoms with van der Waals surface area (Å²) >= 11 is 0. The van der Waals surface area contributed by atoms with Crippen LogP contribution in [0.25, 0.3) is 11.1 Å². The normalized spacial score (nSPS) is 22.3. The van der Waals surface area contributed by atoms with E-state index in [1.807, 2.05) is 6.07 Å². The molecule has 0 saturated carbocycles. The van der Waals surface area contributed by atoms with Gasteiger partial charge in [-0.3, -0.25) is 4.79 Å². The van der Waals surface area contributed by atoms with Crippen LogP contribution in [0.4, 0.5) is 0 Å². The Bertz CT molecular complexity index is 1480. The molecule has 13 nitrogen and oxygen atoms in total. The largest absolute Gasteiger partial charge is 1.00 e. The predicted octanol–water partition coefficient (Wildman–Crippen LogP) is -7.70. The summed E-state index contributed by atoms with van der Waals surface area (Å²) in [6, 6.07) is 20.2. The number of rotatable bonds is 13. The monoisotopic (exact) mass is 669 g/mol. The first-order valence-corrected chi connectivity index (χ1v) is 14.0. The van der Waals surface area contributed by atoms with Crippen LogP contribution in [0, 0.1) is 0 Å². The molecule has 15 heteroatoms. The zero-order valence-corrected chi connectivity index (χ0v) is 30.1. The Morgan fingerprint density at radius 1 is 0.957 bits per heavy atom. The maximum Gasteiger partial charge on any atom is 1.00 e. The van der Waals surface area contributed by atoms with Crippen molar-refractivity contribution in [2.75, 3.05) is 6.61 Å². The minimum absolute atomic E-state index is 0. The second-order valence-corrected chi connectivity index (χ2v) is 10.6. The Morgan fingerprint density at radius 2 is 1.62 bits per heavy atom. The minimum atomic E-state index is -2.65. The summed E-state index contributed by atoms with van der Waals surface area (Å²) in [4.78, 5) is 35.8. The van der Waals surface area contributed by atoms with Crippen LogP contribution in [0.3, 0.4) is 0 Å². The van der Waals surface area contributed by atoms with Crippen LogP contribution in [0.5, 0.6) is 11.5 Å². The topological polar surface area (TPSA) is 218 Å². The van der Waals surface area contributed by atoms with Gasteiger partial charge in [-0.05, 0) is 41.0 Å². The summed E-state index contributed by atoms with van der Waals surface area (Å²) in [5.41, 5.74) is 2.02. The van der Waals surface area contributed by atoms with E-state index in [1.54, 1.807) is 60.7 Å². The van der Waals surface area contributed by atoms with Gasteiger partial charge in [-0.2, -0.15) is 0 Å². The molecule has 1 saturated heterocycles. The van der Waals surface area contributed by atoms with Crippen molar-refractivity contribution >= 4 is 17.8 Å². The number of carbonyl (C=O) groups excluding carboxylic acids is 3. The third kappa shape index (κ3) is 10.5. The smallest absolute Gasteiger partial charge is 0.546 e. The number of nitrogens with one attached hydrogen (secondary N) is 1. The predicted molar refractivity (Wildman–Crippen MR) is 152 cm³/mol. The number of amides is 1. The molecule has 0 unspecified atom stereocenters. The van der Waals surface area contributed by atoms with E-state index in [0.717, 1.165) is 12.5 Å². The van der Waals surface area contributed by atoms with Gasteiger partial charge in [-0.1, -0.05) is 54.6 Å². The molecule has 240 valence electrons. The second-order valence-electron chi connectivity index (χ2n) is 10.6. The Labute approximate surface area is 315 Å². The molecule has 1 fully saturated rings. The Morgan fingerprint density at radius 3 is 2.19 bits per heavy atom. The van der Waals surface area contributed by atoms with Crippen LogP contribution in [0.15, 0.2) is 78.9 Å². The molecular weight excluding hydrogens is 636 g/mol. The van der Waals surface area contributed by atoms with E-state index in [0.29, 0.717) is 11.1 Å². The number of aliphatic hydroxyl groups excluding tert-OH is 4. The minimum Gasteiger partial charge on any atom is -0.546 e. The summed E-state index contributed by atoms with van der Waals surface area (Å²) in [6.45, 7) is 0.212. The number of ether oxygens (including phenoxy) is 3. The van der Waals surface area contributed by atoms with Crippen molar-refractivity contribution in [3.63, 3.8) is 0 Å². The standard InChI is InChI=1S/C32H35NO12.2Na/c1-18(35)33-27-24(36)16-32(31(41)42,45-29(27)28(38)25(37)17-34)44-22-12-10-20(11-13-22)21-8-5-9-23(15-21)43-26(30(39)40)14-19-6-3-2-4-7-19;;/h2-13,15,24-29,34,36-38H,14,16-17H2,1H3,(H,33,35)(H,39,40)(H,41,42);;/q;2*+1/p-2/t24-,25+,26-,27+,28-,29+,32+;;/m0../s1. The fourth-order valence-corrected chi connectivity index (χ4v) is 5.04. The summed E-state index contributed by atoms with van der Waals surface area (Å²) in [5, 5.41) is 67.1. The van der Waals surface area contributed by atoms with Gasteiger partial charge in [0, 0.05) is 19.8 Å². The molecular formula is C32H33NNa2O12. The van der Waals surface area contributed by atoms with Gasteiger partial charge in [-0.25, -0.2) is 0 Å². The van der Waals surface area contributed by atoms with E-state index in [9.17, 15) is 45.0 Å². The Balaban J connectivity index is 0.00000384. The average molecular weight is 670 g/mol. The number of carboxylic acid groups (broad SMARTS) is 2. The molecule has 0 aromatic heterocycles. The number of hydrogen-bond acceptors (Lipinski definition) is 12. The van der Waals surface area contributed by atoms with E-state index in [-0.39, 0.29) is 77.0 Å². The fraction of sp³-hybridized carbons (Fsp3) is 0.344. The van der Waals surface area contributed by atoms with Crippen molar-refractivity contribution < 1.29 is 118 Å². The third-order valence-electron chi connectivity index (χ3n) is 7.28. The van der Waals surface area contributed by atoms with Crippen molar-refractivity contribution in [1.29, 1.82) is 0 Å². The van der Waals surface area contributed by atoms with Crippen LogP contribution >= 0.6 is 0 Å². The van der Waals surface area contributed by atoms with Crippen molar-refractivity contribution in [3.8, 4) is 22.6 Å². The summed E-state index contributed by atoms with van der Waals surface area (Å²) in [7, 11) is 0. The molecule has 0 bridgehead atoms. The number of hydrogen-bond donors (Lipinski definition) is 5. The maximum atomic E-state index is 12.3. The number of aliphatic carboxylic acids is 2. The summed E-state index contributed by atoms with van der Waals surface area (Å²) in [6.07, 6.45) is -8.93. The maximum absolute atomic E-state index is 12.3. The van der Waals surface area contributed by atoms with Crippen LogP contribution in [0.2, 0.25) is 0 Å². The first-order valence-electron chi connectivity index (χ1n) is 14.0. The molecule has 1 aliphatic heterocycles. The van der Waals surface area contributed by atoms with Gasteiger partial charge in [-0.15, -0.1) is 0 Å². The van der Waals surface area contributed by atoms with Crippen LogP contribution in [0.1, 0.15) is 18.9 Å². The number of carbonyl (C=O) groups is 3. The Kier molecular flexibility index (Phi) is 15.8. The van der Waals surface area contributed by atoms with Crippen molar-refractivity contribution in [1.82, 2.24) is 5.32 Å². The molecule has 1 heterocycles. The molecule has 3 aromatic carbocycles. The van der Waals surface area contributed by atoms with E-state index in [1.165, 1.54) is 12.1 Å². The van der Waals surface area contributed by atoms with Gasteiger partial charge in [0.05, 0.1) is 24.7 Å². The SMILES string of the molecule is CC(=O)N[C@H]1[C@H]([C@@H](O)[C@H](O)CO)O[C@@](Oc2ccc(-c3cccc(O[C@@H](Cc4ccccc4)C(=O)[O-])c3)cc2)(C(=O)[O-])C[C@@H]1O.[Na+].[Na+]. The van der Waals surface area contributed by atoms with Gasteiger partial charge in [0.2, 0.25) is 5.91 Å². The van der Waals surface area contributed by atoms with E-state index in [4.69, 9.17) is 14.2 Å². The molecule has 3 aromatic rings. The third-order valence-corrected chi connectivity index (χ3v) is 7.28. The first kappa shape index (κ1) is 40.6. The van der Waals surface area contributed by atoms with Gasteiger partial charge in [0.15, 0.2) is 0 Å². The number of aliphatic hydroxyl groups is 4. The van der Waals surface area contributed by atoms with E-state index in [2.05, 4.69) is 5.32 Å². The quantitative estimate of drug-likeness (QED) is 0.107. The van der Waals surface area contributed by atoms with Gasteiger partial charge >= 0.3 is 59.1 Å². The van der Waals surface area contributed by atoms with E-state index >= 15 is 0 Å². The van der Waals surface area contributed by atoms with Crippen LogP contribution < -0.4 is 84.1 Å². The molecule has 47 heavy (non-hydrogen) atoms. The van der Waals surface area contributed by atoms with Gasteiger partial charge < -0.3 is 59.8 Å². The zero-order chi connectivity index (χ0) is 32.7. The molecule has 5 N–H and O–H groups in total. The summed E-state index contributed by atoms with van der Waals surface area (Å²) < 4.78 is 17.0. The Hall–Kier alpha value is -2.53. The molecule has 1 aliphatic rings. The van der Waals surface area contributed by atoms with Crippen molar-refractivity contribution in [3.05, 3.63) is 84.4 Å². The summed E-state index contributed by atoms with van der Waals surface area (Å²) in [5.74, 6) is -6.30. The molecule has 0 aliphatic carbocycles.